The number of fused-ring (bicyclic) bond motifs is 1. The van der Waals surface area contributed by atoms with Crippen LogP contribution in [0.3, 0.4) is 0 Å². The summed E-state index contributed by atoms with van der Waals surface area (Å²) in [5.41, 5.74) is 3.11. The van der Waals surface area contributed by atoms with Gasteiger partial charge in [-0.25, -0.2) is 4.98 Å². The maximum absolute atomic E-state index is 13.0. The molecule has 0 unspecified atom stereocenters. The van der Waals surface area contributed by atoms with Crippen LogP contribution in [0.25, 0.3) is 21.6 Å². The highest BCUT2D eigenvalue weighted by Gasteiger charge is 2.30. The van der Waals surface area contributed by atoms with Crippen LogP contribution in [-0.4, -0.2) is 16.4 Å². The summed E-state index contributed by atoms with van der Waals surface area (Å²) in [5, 5.41) is 3.00. The van der Waals surface area contributed by atoms with E-state index in [1.165, 1.54) is 6.07 Å². The summed E-state index contributed by atoms with van der Waals surface area (Å²) in [7, 11) is 1.66. The van der Waals surface area contributed by atoms with Gasteiger partial charge in [-0.1, -0.05) is 23.0 Å². The van der Waals surface area contributed by atoms with Gasteiger partial charge in [0.2, 0.25) is 0 Å². The van der Waals surface area contributed by atoms with Crippen LogP contribution in [0.2, 0.25) is 0 Å². The Morgan fingerprint density at radius 1 is 1.03 bits per heavy atom. The number of nitrogens with one attached hydrogen (secondary N) is 1. The van der Waals surface area contributed by atoms with Crippen LogP contribution in [-0.2, 0) is 6.18 Å². The first-order chi connectivity index (χ1) is 14.0. The highest BCUT2D eigenvalue weighted by atomic mass is 19.4. The second kappa shape index (κ2) is 7.32. The monoisotopic (exact) mass is 393 g/mol. The van der Waals surface area contributed by atoms with E-state index in [2.05, 4.69) is 21.2 Å². The average molecular weight is 393 g/mol. The minimum absolute atomic E-state index is 0.318. The zero-order valence-electron chi connectivity index (χ0n) is 15.4. The molecule has 0 atom stereocenters. The van der Waals surface area contributed by atoms with Crippen molar-refractivity contribution in [1.29, 1.82) is 0 Å². The van der Waals surface area contributed by atoms with E-state index >= 15 is 0 Å². The largest absolute Gasteiger partial charge is 0.416 e. The fourth-order valence-electron chi connectivity index (χ4n) is 3.16. The average Bonchev–Trinajstić information content (AvgIpc) is 3.13. The van der Waals surface area contributed by atoms with Crippen LogP contribution in [0, 0.1) is 6.07 Å². The molecule has 4 nitrogen and oxygen atoms in total. The fraction of sp³-hybridized carbons (Fsp3) is 0.0909. The molecule has 7 heteroatoms. The van der Waals surface area contributed by atoms with E-state index in [-0.39, 0.29) is 0 Å². The van der Waals surface area contributed by atoms with Crippen LogP contribution >= 0.6 is 0 Å². The molecule has 144 valence electrons. The minimum Gasteiger partial charge on any atom is -0.338 e. The van der Waals surface area contributed by atoms with E-state index in [0.717, 1.165) is 34.5 Å². The Morgan fingerprint density at radius 2 is 1.86 bits per heavy atom. The third-order valence-corrected chi connectivity index (χ3v) is 4.43. The number of halogens is 3. The summed E-state index contributed by atoms with van der Waals surface area (Å²) >= 11 is 0. The van der Waals surface area contributed by atoms with Gasteiger partial charge in [0.15, 0.2) is 5.82 Å². The standard InChI is InChI=1S/C22H16F3N4/c1-26-14-15-4-2-5-16(12-15)19-8-9-20-21(27-10-11-29(19)20)28-18-7-3-6-17(13-18)22(23,24)25/h2-13H,1H3,(H,27,28)/q+1. The van der Waals surface area contributed by atoms with Gasteiger partial charge >= 0.3 is 12.2 Å². The zero-order valence-corrected chi connectivity index (χ0v) is 15.4. The van der Waals surface area contributed by atoms with Crippen molar-refractivity contribution in [3.8, 4) is 17.3 Å². The quantitative estimate of drug-likeness (QED) is 0.458. The number of alkyl halides is 3. The lowest BCUT2D eigenvalue weighted by Gasteiger charge is -2.11. The van der Waals surface area contributed by atoms with Crippen molar-refractivity contribution in [2.45, 2.75) is 6.18 Å². The first-order valence-electron chi connectivity index (χ1n) is 8.81. The van der Waals surface area contributed by atoms with E-state index in [1.807, 2.05) is 47.0 Å². The molecule has 0 aliphatic carbocycles. The van der Waals surface area contributed by atoms with E-state index in [9.17, 15) is 13.2 Å². The Labute approximate surface area is 165 Å². The number of nitrogens with zero attached hydrogens (tertiary/aromatic N) is 3. The van der Waals surface area contributed by atoms with Crippen molar-refractivity contribution in [2.24, 2.45) is 0 Å². The van der Waals surface area contributed by atoms with Crippen LogP contribution in [0.4, 0.5) is 24.7 Å². The first kappa shape index (κ1) is 18.6. The van der Waals surface area contributed by atoms with Gasteiger partial charge in [0.1, 0.15) is 5.56 Å². The molecule has 4 aromatic rings. The molecule has 0 fully saturated rings. The molecule has 2 aromatic heterocycles. The predicted octanol–water partition coefficient (Wildman–Crippen LogP) is 6.07. The third kappa shape index (κ3) is 3.78. The van der Waals surface area contributed by atoms with E-state index in [0.29, 0.717) is 11.5 Å². The van der Waals surface area contributed by atoms with Crippen molar-refractivity contribution >= 4 is 17.0 Å². The summed E-state index contributed by atoms with van der Waals surface area (Å²) in [6, 6.07) is 19.6. The maximum Gasteiger partial charge on any atom is 0.416 e. The van der Waals surface area contributed by atoms with Crippen molar-refractivity contribution in [3.63, 3.8) is 0 Å². The number of anilines is 2. The van der Waals surface area contributed by atoms with Gasteiger partial charge in [-0.05, 0) is 48.0 Å². The number of aromatic nitrogens is 2. The Bertz CT molecular complexity index is 1250. The highest BCUT2D eigenvalue weighted by molar-refractivity contribution is 5.78. The summed E-state index contributed by atoms with van der Waals surface area (Å²) < 4.78 is 40.9. The van der Waals surface area contributed by atoms with Crippen molar-refractivity contribution in [1.82, 2.24) is 9.38 Å². The number of rotatable bonds is 3. The van der Waals surface area contributed by atoms with Crippen molar-refractivity contribution in [2.75, 3.05) is 12.4 Å². The van der Waals surface area contributed by atoms with Crippen LogP contribution in [0.15, 0.2) is 73.1 Å². The van der Waals surface area contributed by atoms with Gasteiger partial charge in [0, 0.05) is 18.1 Å². The van der Waals surface area contributed by atoms with E-state index < -0.39 is 11.7 Å². The summed E-state index contributed by atoms with van der Waals surface area (Å²) in [4.78, 5) is 8.23. The SMILES string of the molecule is C[N+]#Cc1cccc(-c2ccc3c(Nc4cccc(C(F)(F)F)c4)nccn23)c1. The molecule has 4 rings (SSSR count). The van der Waals surface area contributed by atoms with Gasteiger partial charge in [-0.2, -0.15) is 13.2 Å². The summed E-state index contributed by atoms with van der Waals surface area (Å²) in [6.45, 7) is 0. The topological polar surface area (TPSA) is 33.7 Å². The number of hydrogen-bond acceptors (Lipinski definition) is 2. The molecule has 0 amide bonds. The fourth-order valence-corrected chi connectivity index (χ4v) is 3.16. The molecular weight excluding hydrogens is 377 g/mol. The summed E-state index contributed by atoms with van der Waals surface area (Å²) in [5.74, 6) is 0.468. The molecule has 0 saturated heterocycles. The molecule has 0 aliphatic rings. The Kier molecular flexibility index (Phi) is 4.69. The molecule has 2 heterocycles. The van der Waals surface area contributed by atoms with Crippen molar-refractivity contribution in [3.05, 3.63) is 89.0 Å². The molecule has 1 N–H and O–H groups in total. The number of hydrogen-bond donors (Lipinski definition) is 1. The Morgan fingerprint density at radius 3 is 2.66 bits per heavy atom. The lowest BCUT2D eigenvalue weighted by Crippen LogP contribution is -2.05. The second-order valence-corrected chi connectivity index (χ2v) is 6.37. The molecule has 29 heavy (non-hydrogen) atoms. The molecule has 2 aromatic carbocycles. The molecule has 0 aliphatic heterocycles. The van der Waals surface area contributed by atoms with Crippen LogP contribution < -0.4 is 5.32 Å². The van der Waals surface area contributed by atoms with Gasteiger partial charge in [-0.3, -0.25) is 0 Å². The van der Waals surface area contributed by atoms with Gasteiger partial charge < -0.3 is 9.72 Å². The lowest BCUT2D eigenvalue weighted by atomic mass is 10.1. The molecule has 0 saturated carbocycles. The Hall–Kier alpha value is -3.79. The van der Waals surface area contributed by atoms with Gasteiger partial charge in [0.05, 0.1) is 16.8 Å². The smallest absolute Gasteiger partial charge is 0.338 e. The molecular formula is C22H16F3N4+. The second-order valence-electron chi connectivity index (χ2n) is 6.37. The van der Waals surface area contributed by atoms with E-state index in [4.69, 9.17) is 0 Å². The normalized spacial score (nSPS) is 11.2. The number of benzene rings is 2. The maximum atomic E-state index is 13.0. The zero-order chi connectivity index (χ0) is 20.4. The predicted molar refractivity (Wildman–Crippen MR) is 108 cm³/mol. The van der Waals surface area contributed by atoms with Crippen molar-refractivity contribution < 1.29 is 13.2 Å². The van der Waals surface area contributed by atoms with Crippen LogP contribution in [0.1, 0.15) is 11.1 Å². The first-order valence-corrected chi connectivity index (χ1v) is 8.81. The molecule has 0 bridgehead atoms. The minimum atomic E-state index is -4.40. The summed E-state index contributed by atoms with van der Waals surface area (Å²) in [6.07, 6.45) is -0.981. The van der Waals surface area contributed by atoms with Crippen LogP contribution in [0.5, 0.6) is 0 Å². The molecule has 0 spiro atoms. The van der Waals surface area contributed by atoms with Gasteiger partial charge in [0.25, 0.3) is 7.05 Å². The lowest BCUT2D eigenvalue weighted by molar-refractivity contribution is -0.137. The highest BCUT2D eigenvalue weighted by Crippen LogP contribution is 2.32. The molecule has 0 radical (unpaired) electrons. The third-order valence-electron chi connectivity index (χ3n) is 4.43. The van der Waals surface area contributed by atoms with Gasteiger partial charge in [-0.15, -0.1) is 0 Å². The van der Waals surface area contributed by atoms with E-state index in [1.54, 1.807) is 19.3 Å². The Balaban J connectivity index is 1.73.